The van der Waals surface area contributed by atoms with E-state index in [9.17, 15) is 13.2 Å². The second-order valence-electron chi connectivity index (χ2n) is 9.31. The molecule has 1 amide bonds. The predicted molar refractivity (Wildman–Crippen MR) is 122 cm³/mol. The summed E-state index contributed by atoms with van der Waals surface area (Å²) >= 11 is 0. The number of aromatic nitrogens is 1. The van der Waals surface area contributed by atoms with E-state index >= 15 is 0 Å². The van der Waals surface area contributed by atoms with Crippen LogP contribution in [0.2, 0.25) is 0 Å². The molecule has 0 aliphatic carbocycles. The first-order valence-electron chi connectivity index (χ1n) is 11.5. The molecule has 8 heteroatoms. The Kier molecular flexibility index (Phi) is 5.79. The number of sulfone groups is 1. The fourth-order valence-corrected chi connectivity index (χ4v) is 7.29. The zero-order valence-corrected chi connectivity index (χ0v) is 18.8. The topological polar surface area (TPSA) is 76.7 Å². The zero-order chi connectivity index (χ0) is 21.4. The highest BCUT2D eigenvalue weighted by molar-refractivity contribution is 7.91. The zero-order valence-electron chi connectivity index (χ0n) is 18.0. The van der Waals surface area contributed by atoms with Crippen LogP contribution in [0.5, 0.6) is 0 Å². The van der Waals surface area contributed by atoms with Gasteiger partial charge < -0.3 is 9.88 Å². The van der Waals surface area contributed by atoms with Gasteiger partial charge in [0.15, 0.2) is 9.84 Å². The maximum Gasteiger partial charge on any atom is 0.236 e. The monoisotopic (exact) mass is 444 g/mol. The van der Waals surface area contributed by atoms with Gasteiger partial charge in [-0.2, -0.15) is 0 Å². The van der Waals surface area contributed by atoms with Crippen LogP contribution >= 0.6 is 0 Å². The van der Waals surface area contributed by atoms with E-state index in [4.69, 9.17) is 0 Å². The van der Waals surface area contributed by atoms with Gasteiger partial charge in [-0.1, -0.05) is 18.2 Å². The normalized spacial score (nSPS) is 25.9. The lowest BCUT2D eigenvalue weighted by Crippen LogP contribution is -2.54. The largest absolute Gasteiger partial charge is 0.361 e. The number of carbonyl (C=O) groups excluding carboxylic acids is 1. The van der Waals surface area contributed by atoms with Crippen molar-refractivity contribution in [3.63, 3.8) is 0 Å². The number of nitrogens with zero attached hydrogens (tertiary/aromatic N) is 3. The van der Waals surface area contributed by atoms with Crippen molar-refractivity contribution in [1.29, 1.82) is 0 Å². The van der Waals surface area contributed by atoms with Crippen molar-refractivity contribution in [2.24, 2.45) is 0 Å². The first-order chi connectivity index (χ1) is 15.0. The maximum atomic E-state index is 12.8. The molecule has 2 aromatic rings. The molecular weight excluding hydrogens is 412 g/mol. The minimum Gasteiger partial charge on any atom is -0.361 e. The SMILES string of the molecule is O=C(CN1CCC(c2c[nH]c3ccccc23)CC1)N1CCN(C2CCS(=O)(=O)C2)CC1. The van der Waals surface area contributed by atoms with Gasteiger partial charge in [0.05, 0.1) is 18.1 Å². The second-order valence-corrected chi connectivity index (χ2v) is 11.5. The van der Waals surface area contributed by atoms with E-state index in [2.05, 4.69) is 45.2 Å². The van der Waals surface area contributed by atoms with Gasteiger partial charge >= 0.3 is 0 Å². The van der Waals surface area contributed by atoms with E-state index in [0.29, 0.717) is 31.3 Å². The van der Waals surface area contributed by atoms with Gasteiger partial charge in [-0.15, -0.1) is 0 Å². The number of rotatable bonds is 4. The van der Waals surface area contributed by atoms with E-state index in [1.807, 2.05) is 4.90 Å². The number of para-hydroxylation sites is 1. The molecule has 1 atom stereocenters. The molecule has 1 N–H and O–H groups in total. The molecule has 3 aliphatic rings. The summed E-state index contributed by atoms with van der Waals surface area (Å²) in [6.45, 7) is 5.40. The smallest absolute Gasteiger partial charge is 0.236 e. The van der Waals surface area contributed by atoms with E-state index in [-0.39, 0.29) is 17.7 Å². The first kappa shape index (κ1) is 21.0. The van der Waals surface area contributed by atoms with Gasteiger partial charge in [0.25, 0.3) is 0 Å². The van der Waals surface area contributed by atoms with Crippen molar-refractivity contribution in [3.05, 3.63) is 36.0 Å². The van der Waals surface area contributed by atoms with E-state index in [1.54, 1.807) is 0 Å². The standard InChI is InChI=1S/C23H32N4O3S/c28-23(27-12-10-26(11-13-27)19-7-14-31(29,30)17-19)16-25-8-5-18(6-9-25)21-15-24-22-4-2-1-3-20(21)22/h1-4,15,18-19,24H,5-14,16-17H2. The molecule has 31 heavy (non-hydrogen) atoms. The molecule has 1 unspecified atom stereocenters. The molecular formula is C23H32N4O3S. The molecule has 4 heterocycles. The van der Waals surface area contributed by atoms with Gasteiger partial charge in [0, 0.05) is 49.3 Å². The van der Waals surface area contributed by atoms with Crippen LogP contribution in [-0.4, -0.2) is 97.4 Å². The van der Waals surface area contributed by atoms with Crippen LogP contribution in [0.1, 0.15) is 30.7 Å². The number of amides is 1. The van der Waals surface area contributed by atoms with Crippen molar-refractivity contribution in [3.8, 4) is 0 Å². The molecule has 0 saturated carbocycles. The van der Waals surface area contributed by atoms with Gasteiger partial charge in [-0.25, -0.2) is 8.42 Å². The van der Waals surface area contributed by atoms with Gasteiger partial charge in [-0.05, 0) is 49.9 Å². The molecule has 1 aromatic heterocycles. The van der Waals surface area contributed by atoms with Crippen molar-refractivity contribution < 1.29 is 13.2 Å². The molecule has 3 fully saturated rings. The summed E-state index contributed by atoms with van der Waals surface area (Å²) in [4.78, 5) is 22.8. The lowest BCUT2D eigenvalue weighted by Gasteiger charge is -2.39. The van der Waals surface area contributed by atoms with Crippen LogP contribution in [0.4, 0.5) is 0 Å². The number of carbonyl (C=O) groups is 1. The summed E-state index contributed by atoms with van der Waals surface area (Å²) in [5.41, 5.74) is 2.61. The summed E-state index contributed by atoms with van der Waals surface area (Å²) < 4.78 is 23.5. The number of likely N-dealkylation sites (tertiary alicyclic amines) is 1. The molecule has 1 aromatic carbocycles. The first-order valence-corrected chi connectivity index (χ1v) is 13.3. The van der Waals surface area contributed by atoms with Crippen LogP contribution in [0.15, 0.2) is 30.5 Å². The minimum atomic E-state index is -2.86. The van der Waals surface area contributed by atoms with Crippen LogP contribution in [0, 0.1) is 0 Å². The number of piperidine rings is 1. The molecule has 3 saturated heterocycles. The average molecular weight is 445 g/mol. The molecule has 168 valence electrons. The summed E-state index contributed by atoms with van der Waals surface area (Å²) in [5, 5.41) is 1.32. The van der Waals surface area contributed by atoms with Crippen molar-refractivity contribution in [2.75, 3.05) is 57.3 Å². The summed E-state index contributed by atoms with van der Waals surface area (Å²) in [6.07, 6.45) is 5.06. The Labute approximate surface area is 184 Å². The second kappa shape index (κ2) is 8.56. The number of hydrogen-bond acceptors (Lipinski definition) is 5. The molecule has 0 spiro atoms. The number of aromatic amines is 1. The van der Waals surface area contributed by atoms with Crippen LogP contribution < -0.4 is 0 Å². The highest BCUT2D eigenvalue weighted by Crippen LogP contribution is 2.33. The number of H-pyrrole nitrogens is 1. The number of nitrogens with one attached hydrogen (secondary N) is 1. The van der Waals surface area contributed by atoms with Crippen LogP contribution in [-0.2, 0) is 14.6 Å². The average Bonchev–Trinajstić information content (AvgIpc) is 3.37. The summed E-state index contributed by atoms with van der Waals surface area (Å²) in [5.74, 6) is 1.36. The van der Waals surface area contributed by atoms with Crippen LogP contribution in [0.25, 0.3) is 10.9 Å². The minimum absolute atomic E-state index is 0.144. The molecule has 0 radical (unpaired) electrons. The fraction of sp³-hybridized carbons (Fsp3) is 0.609. The molecule has 3 aliphatic heterocycles. The molecule has 0 bridgehead atoms. The number of piperazine rings is 1. The van der Waals surface area contributed by atoms with Gasteiger partial charge in [0.1, 0.15) is 0 Å². The third-order valence-corrected chi connectivity index (χ3v) is 9.15. The van der Waals surface area contributed by atoms with Crippen LogP contribution in [0.3, 0.4) is 0 Å². The van der Waals surface area contributed by atoms with Crippen molar-refractivity contribution in [1.82, 2.24) is 19.7 Å². The lowest BCUT2D eigenvalue weighted by atomic mass is 9.89. The number of hydrogen-bond donors (Lipinski definition) is 1. The Morgan fingerprint density at radius 3 is 2.45 bits per heavy atom. The highest BCUT2D eigenvalue weighted by atomic mass is 32.2. The Balaban J connectivity index is 1.09. The van der Waals surface area contributed by atoms with E-state index in [1.165, 1.54) is 16.5 Å². The Morgan fingerprint density at radius 1 is 1.00 bits per heavy atom. The van der Waals surface area contributed by atoms with Crippen molar-refractivity contribution in [2.45, 2.75) is 31.2 Å². The van der Waals surface area contributed by atoms with E-state index < -0.39 is 9.84 Å². The number of benzene rings is 1. The molecule has 5 rings (SSSR count). The lowest BCUT2D eigenvalue weighted by molar-refractivity contribution is -0.134. The quantitative estimate of drug-likeness (QED) is 0.777. The predicted octanol–water partition coefficient (Wildman–Crippen LogP) is 1.68. The van der Waals surface area contributed by atoms with Gasteiger partial charge in [-0.3, -0.25) is 14.6 Å². The Bertz CT molecular complexity index is 1030. The summed E-state index contributed by atoms with van der Waals surface area (Å²) in [6, 6.07) is 8.62. The molecule has 7 nitrogen and oxygen atoms in total. The van der Waals surface area contributed by atoms with Crippen molar-refractivity contribution >= 4 is 26.6 Å². The van der Waals surface area contributed by atoms with E-state index in [0.717, 1.165) is 45.4 Å². The van der Waals surface area contributed by atoms with Gasteiger partial charge in [0.2, 0.25) is 5.91 Å². The Hall–Kier alpha value is -1.90. The Morgan fingerprint density at radius 2 is 1.74 bits per heavy atom. The highest BCUT2D eigenvalue weighted by Gasteiger charge is 2.34. The number of fused-ring (bicyclic) bond motifs is 1. The fourth-order valence-electron chi connectivity index (χ4n) is 5.52. The third-order valence-electron chi connectivity index (χ3n) is 7.40. The summed E-state index contributed by atoms with van der Waals surface area (Å²) in [7, 11) is -2.86. The maximum absolute atomic E-state index is 12.8. The third kappa shape index (κ3) is 4.52.